The monoisotopic (exact) mass is 451 g/mol. The highest BCUT2D eigenvalue weighted by Crippen LogP contribution is 2.37. The summed E-state index contributed by atoms with van der Waals surface area (Å²) < 4.78 is 5.45. The number of carbonyl (C=O) groups excluding carboxylic acids is 3. The number of benzene rings is 1. The smallest absolute Gasteiger partial charge is 0.310 e. The van der Waals surface area contributed by atoms with E-state index in [1.807, 2.05) is 29.2 Å². The van der Waals surface area contributed by atoms with E-state index in [0.717, 1.165) is 49.8 Å². The van der Waals surface area contributed by atoms with Gasteiger partial charge in [0, 0.05) is 19.3 Å². The Kier molecular flexibility index (Phi) is 7.02. The predicted octanol–water partition coefficient (Wildman–Crippen LogP) is 3.61. The lowest BCUT2D eigenvalue weighted by molar-refractivity contribution is -0.160. The zero-order chi connectivity index (χ0) is 23.4. The normalized spacial score (nSPS) is 23.8. The fourth-order valence-electron chi connectivity index (χ4n) is 5.71. The molecule has 1 aliphatic heterocycles. The van der Waals surface area contributed by atoms with E-state index in [9.17, 15) is 19.6 Å². The van der Waals surface area contributed by atoms with Crippen LogP contribution in [-0.2, 0) is 25.5 Å². The summed E-state index contributed by atoms with van der Waals surface area (Å²) in [6, 6.07) is 10.2. The van der Waals surface area contributed by atoms with E-state index in [0.29, 0.717) is 32.2 Å². The van der Waals surface area contributed by atoms with Crippen molar-refractivity contribution in [1.82, 2.24) is 4.90 Å². The van der Waals surface area contributed by atoms with Crippen LogP contribution in [0, 0.1) is 23.2 Å². The van der Waals surface area contributed by atoms with Gasteiger partial charge in [-0.25, -0.2) is 0 Å². The fraction of sp³-hybridized carbons (Fsp3) is 0.615. The van der Waals surface area contributed by atoms with Crippen LogP contribution in [0.3, 0.4) is 0 Å². The molecule has 2 atom stereocenters. The standard InChI is InChI=1S/C26H33N3O4/c1-28(26(18-27)14-7-2-8-15-26)23(30)17-33-25(32)21-11-5-4-10-20(21)24(31)29-16-13-19-9-3-6-12-22(19)29/h3,6,9,12,20-21H,2,4-5,7-8,10-11,13-17H2,1H3. The molecule has 0 N–H and O–H groups in total. The summed E-state index contributed by atoms with van der Waals surface area (Å²) in [7, 11) is 1.63. The van der Waals surface area contributed by atoms with Crippen LogP contribution in [0.1, 0.15) is 63.4 Å². The Morgan fingerprint density at radius 3 is 2.52 bits per heavy atom. The lowest BCUT2D eigenvalue weighted by atomic mass is 9.78. The SMILES string of the molecule is CN(C(=O)COC(=O)C1CCCCC1C(=O)N1CCc2ccccc21)C1(C#N)CCCCC1. The zero-order valence-electron chi connectivity index (χ0n) is 19.4. The van der Waals surface area contributed by atoms with Gasteiger partial charge < -0.3 is 14.5 Å². The van der Waals surface area contributed by atoms with Crippen LogP contribution in [0.5, 0.6) is 0 Å². The highest BCUT2D eigenvalue weighted by molar-refractivity contribution is 5.99. The summed E-state index contributed by atoms with van der Waals surface area (Å²) in [4.78, 5) is 42.5. The first-order chi connectivity index (χ1) is 16.0. The molecular weight excluding hydrogens is 418 g/mol. The van der Waals surface area contributed by atoms with Crippen molar-refractivity contribution in [3.8, 4) is 6.07 Å². The summed E-state index contributed by atoms with van der Waals surface area (Å²) in [5, 5.41) is 9.72. The third kappa shape index (κ3) is 4.62. The van der Waals surface area contributed by atoms with Crippen molar-refractivity contribution in [2.24, 2.45) is 11.8 Å². The van der Waals surface area contributed by atoms with Crippen molar-refractivity contribution in [3.63, 3.8) is 0 Å². The van der Waals surface area contributed by atoms with Crippen molar-refractivity contribution < 1.29 is 19.1 Å². The maximum atomic E-state index is 13.4. The van der Waals surface area contributed by atoms with E-state index in [4.69, 9.17) is 4.74 Å². The van der Waals surface area contributed by atoms with E-state index < -0.39 is 23.3 Å². The zero-order valence-corrected chi connectivity index (χ0v) is 19.4. The molecule has 2 fully saturated rings. The molecule has 0 radical (unpaired) electrons. The van der Waals surface area contributed by atoms with Gasteiger partial charge in [-0.3, -0.25) is 14.4 Å². The number of nitrogens with zero attached hydrogens (tertiary/aromatic N) is 3. The Morgan fingerprint density at radius 2 is 1.79 bits per heavy atom. The van der Waals surface area contributed by atoms with Gasteiger partial charge in [0.05, 0.1) is 17.9 Å². The molecule has 0 spiro atoms. The van der Waals surface area contributed by atoms with Crippen LogP contribution in [0.4, 0.5) is 5.69 Å². The lowest BCUT2D eigenvalue weighted by Gasteiger charge is -2.39. The number of nitriles is 1. The first-order valence-corrected chi connectivity index (χ1v) is 12.2. The molecular formula is C26H33N3O4. The predicted molar refractivity (Wildman–Crippen MR) is 123 cm³/mol. The molecule has 1 aromatic rings. The fourth-order valence-corrected chi connectivity index (χ4v) is 5.71. The van der Waals surface area contributed by atoms with Crippen molar-refractivity contribution in [2.75, 3.05) is 25.1 Å². The largest absolute Gasteiger partial charge is 0.455 e. The number of fused-ring (bicyclic) bond motifs is 1. The number of rotatable bonds is 5. The van der Waals surface area contributed by atoms with Gasteiger partial charge in [0.15, 0.2) is 6.61 Å². The molecule has 3 aliphatic rings. The molecule has 0 bridgehead atoms. The minimum Gasteiger partial charge on any atom is -0.455 e. The summed E-state index contributed by atoms with van der Waals surface area (Å²) in [5.41, 5.74) is 1.28. The summed E-state index contributed by atoms with van der Waals surface area (Å²) in [5.74, 6) is -1.81. The molecule has 2 amide bonds. The second kappa shape index (κ2) is 9.94. The quantitative estimate of drug-likeness (QED) is 0.638. The minimum atomic E-state index is -0.811. The molecule has 1 heterocycles. The van der Waals surface area contributed by atoms with Gasteiger partial charge in [-0.2, -0.15) is 5.26 Å². The van der Waals surface area contributed by atoms with Gasteiger partial charge in [-0.05, 0) is 43.7 Å². The number of amides is 2. The Bertz CT molecular complexity index is 947. The highest BCUT2D eigenvalue weighted by atomic mass is 16.5. The van der Waals surface area contributed by atoms with Crippen molar-refractivity contribution in [1.29, 1.82) is 5.26 Å². The van der Waals surface area contributed by atoms with Crippen LogP contribution >= 0.6 is 0 Å². The van der Waals surface area contributed by atoms with Gasteiger partial charge in [0.2, 0.25) is 5.91 Å². The average Bonchev–Trinajstić information content (AvgIpc) is 3.30. The summed E-state index contributed by atoms with van der Waals surface area (Å²) >= 11 is 0. The second-order valence-electron chi connectivity index (χ2n) is 9.63. The van der Waals surface area contributed by atoms with Gasteiger partial charge in [0.25, 0.3) is 5.91 Å². The van der Waals surface area contributed by atoms with Crippen molar-refractivity contribution in [2.45, 2.75) is 69.7 Å². The first-order valence-electron chi connectivity index (χ1n) is 12.2. The Labute approximate surface area is 195 Å². The third-order valence-corrected chi connectivity index (χ3v) is 7.78. The number of hydrogen-bond donors (Lipinski definition) is 0. The Balaban J connectivity index is 1.39. The Hall–Kier alpha value is -2.88. The highest BCUT2D eigenvalue weighted by Gasteiger charge is 2.42. The van der Waals surface area contributed by atoms with Crippen LogP contribution < -0.4 is 4.90 Å². The van der Waals surface area contributed by atoms with E-state index in [1.54, 1.807) is 7.05 Å². The number of esters is 1. The summed E-state index contributed by atoms with van der Waals surface area (Å²) in [6.07, 6.45) is 8.04. The first kappa shape index (κ1) is 23.3. The van der Waals surface area contributed by atoms with Crippen LogP contribution in [0.2, 0.25) is 0 Å². The molecule has 2 aliphatic carbocycles. The molecule has 0 aromatic heterocycles. The Morgan fingerprint density at radius 1 is 1.09 bits per heavy atom. The maximum Gasteiger partial charge on any atom is 0.310 e. The van der Waals surface area contributed by atoms with E-state index in [-0.39, 0.29) is 18.4 Å². The van der Waals surface area contributed by atoms with Gasteiger partial charge in [-0.1, -0.05) is 50.3 Å². The lowest BCUT2D eigenvalue weighted by Crippen LogP contribution is -2.51. The molecule has 4 rings (SSSR count). The minimum absolute atomic E-state index is 0.0179. The van der Waals surface area contributed by atoms with E-state index in [1.165, 1.54) is 4.90 Å². The molecule has 33 heavy (non-hydrogen) atoms. The maximum absolute atomic E-state index is 13.4. The molecule has 1 aromatic carbocycles. The van der Waals surface area contributed by atoms with Crippen LogP contribution in [-0.4, -0.2) is 48.4 Å². The van der Waals surface area contributed by atoms with Crippen LogP contribution in [0.15, 0.2) is 24.3 Å². The van der Waals surface area contributed by atoms with Gasteiger partial charge in [-0.15, -0.1) is 0 Å². The number of carbonyl (C=O) groups is 3. The molecule has 7 heteroatoms. The third-order valence-electron chi connectivity index (χ3n) is 7.78. The van der Waals surface area contributed by atoms with Gasteiger partial charge >= 0.3 is 5.97 Å². The average molecular weight is 452 g/mol. The van der Waals surface area contributed by atoms with E-state index >= 15 is 0 Å². The van der Waals surface area contributed by atoms with Gasteiger partial charge in [0.1, 0.15) is 5.54 Å². The summed E-state index contributed by atoms with van der Waals surface area (Å²) in [6.45, 7) is 0.249. The second-order valence-corrected chi connectivity index (χ2v) is 9.63. The van der Waals surface area contributed by atoms with Crippen molar-refractivity contribution in [3.05, 3.63) is 29.8 Å². The molecule has 2 saturated carbocycles. The molecule has 7 nitrogen and oxygen atoms in total. The molecule has 2 unspecified atom stereocenters. The molecule has 0 saturated heterocycles. The van der Waals surface area contributed by atoms with Crippen LogP contribution in [0.25, 0.3) is 0 Å². The molecule has 176 valence electrons. The topological polar surface area (TPSA) is 90.7 Å². The van der Waals surface area contributed by atoms with Crippen molar-refractivity contribution >= 4 is 23.5 Å². The number of likely N-dealkylation sites (N-methyl/N-ethyl adjacent to an activating group) is 1. The number of para-hydroxylation sites is 1. The number of anilines is 1. The number of hydrogen-bond acceptors (Lipinski definition) is 5. The van der Waals surface area contributed by atoms with E-state index in [2.05, 4.69) is 6.07 Å². The number of ether oxygens (including phenoxy) is 1.